The Hall–Kier alpha value is -1.95. The van der Waals surface area contributed by atoms with Gasteiger partial charge in [0.25, 0.3) is 0 Å². The minimum absolute atomic E-state index is 0.0511. The third-order valence-corrected chi connectivity index (χ3v) is 5.07. The summed E-state index contributed by atoms with van der Waals surface area (Å²) in [7, 11) is 0. The lowest BCUT2D eigenvalue weighted by atomic mass is 9.93. The first-order valence-corrected chi connectivity index (χ1v) is 8.83. The smallest absolute Gasteiger partial charge is 0.241 e. The Morgan fingerprint density at radius 3 is 2.64 bits per heavy atom. The maximum absolute atomic E-state index is 6.40. The van der Waals surface area contributed by atoms with Gasteiger partial charge in [-0.3, -0.25) is 0 Å². The molecular weight excluding hydrogens is 381 g/mol. The zero-order chi connectivity index (χ0) is 17.6. The molecule has 1 aliphatic heterocycles. The van der Waals surface area contributed by atoms with E-state index >= 15 is 0 Å². The highest BCUT2D eigenvalue weighted by atomic mass is 35.5. The lowest BCUT2D eigenvalue weighted by Crippen LogP contribution is -2.28. The van der Waals surface area contributed by atoms with E-state index in [0.29, 0.717) is 21.0 Å². The van der Waals surface area contributed by atoms with Crippen LogP contribution in [0.2, 0.25) is 15.1 Å². The molecule has 0 spiro atoms. The van der Waals surface area contributed by atoms with Crippen molar-refractivity contribution in [3.05, 3.63) is 68.7 Å². The number of anilines is 2. The molecule has 1 aliphatic rings. The molecule has 5 nitrogen and oxygen atoms in total. The van der Waals surface area contributed by atoms with Gasteiger partial charge >= 0.3 is 0 Å². The van der Waals surface area contributed by atoms with Crippen LogP contribution in [0, 0.1) is 0 Å². The van der Waals surface area contributed by atoms with Crippen LogP contribution < -0.4 is 11.1 Å². The molecular formula is C17H14Cl3N5. The van der Waals surface area contributed by atoms with E-state index in [2.05, 4.69) is 15.4 Å². The molecule has 4 rings (SSSR count). The summed E-state index contributed by atoms with van der Waals surface area (Å²) >= 11 is 18.6. The van der Waals surface area contributed by atoms with Crippen molar-refractivity contribution < 1.29 is 0 Å². The van der Waals surface area contributed by atoms with Gasteiger partial charge in [0.2, 0.25) is 11.9 Å². The number of fused-ring (bicyclic) bond motifs is 1. The average Bonchev–Trinajstić information content (AvgIpc) is 2.94. The molecule has 0 fully saturated rings. The number of halogens is 3. The molecule has 25 heavy (non-hydrogen) atoms. The molecule has 0 saturated heterocycles. The number of hydrogen-bond donors (Lipinski definition) is 2. The molecule has 128 valence electrons. The Balaban J connectivity index is 1.78. The molecule has 0 radical (unpaired) electrons. The number of rotatable bonds is 2. The number of benzene rings is 2. The maximum atomic E-state index is 6.40. The van der Waals surface area contributed by atoms with Gasteiger partial charge in [-0.15, -0.1) is 5.10 Å². The van der Waals surface area contributed by atoms with E-state index < -0.39 is 0 Å². The zero-order valence-electron chi connectivity index (χ0n) is 13.0. The topological polar surface area (TPSA) is 68.8 Å². The van der Waals surface area contributed by atoms with Crippen molar-refractivity contribution >= 4 is 46.7 Å². The first kappa shape index (κ1) is 16.5. The van der Waals surface area contributed by atoms with Gasteiger partial charge in [0.15, 0.2) is 0 Å². The van der Waals surface area contributed by atoms with Crippen LogP contribution in [0.1, 0.15) is 29.6 Å². The van der Waals surface area contributed by atoms with E-state index in [1.54, 1.807) is 10.7 Å². The molecule has 2 aromatic carbocycles. The molecule has 3 aromatic rings. The fourth-order valence-corrected chi connectivity index (χ4v) is 3.91. The third-order valence-electron chi connectivity index (χ3n) is 4.28. The van der Waals surface area contributed by atoms with E-state index in [1.165, 1.54) is 0 Å². The third kappa shape index (κ3) is 3.15. The number of nitrogens with one attached hydrogen (secondary N) is 1. The molecule has 0 amide bonds. The van der Waals surface area contributed by atoms with Gasteiger partial charge in [-0.2, -0.15) is 4.98 Å². The van der Waals surface area contributed by atoms with Crippen molar-refractivity contribution in [3.8, 4) is 0 Å². The van der Waals surface area contributed by atoms with Crippen LogP contribution in [0.25, 0.3) is 0 Å². The molecule has 2 unspecified atom stereocenters. The van der Waals surface area contributed by atoms with E-state index in [9.17, 15) is 0 Å². The summed E-state index contributed by atoms with van der Waals surface area (Å²) in [6.07, 6.45) is 0.720. The zero-order valence-corrected chi connectivity index (χ0v) is 15.2. The summed E-state index contributed by atoms with van der Waals surface area (Å²) in [5, 5.41) is 9.57. The average molecular weight is 395 g/mol. The predicted octanol–water partition coefficient (Wildman–Crippen LogP) is 4.97. The summed E-state index contributed by atoms with van der Waals surface area (Å²) in [4.78, 5) is 4.29. The highest BCUT2D eigenvalue weighted by Gasteiger charge is 2.31. The highest BCUT2D eigenvalue weighted by Crippen LogP contribution is 2.40. The molecule has 8 heteroatoms. The van der Waals surface area contributed by atoms with Gasteiger partial charge in [-0.25, -0.2) is 4.68 Å². The Kier molecular flexibility index (Phi) is 4.23. The Morgan fingerprint density at radius 2 is 1.88 bits per heavy atom. The van der Waals surface area contributed by atoms with Crippen LogP contribution in [0.4, 0.5) is 11.9 Å². The first-order valence-electron chi connectivity index (χ1n) is 7.70. The molecule has 0 saturated carbocycles. The summed E-state index contributed by atoms with van der Waals surface area (Å²) in [5.74, 6) is 0.821. The lowest BCUT2D eigenvalue weighted by Gasteiger charge is -2.32. The second-order valence-corrected chi connectivity index (χ2v) is 7.19. The van der Waals surface area contributed by atoms with Gasteiger partial charge in [0.1, 0.15) is 0 Å². The van der Waals surface area contributed by atoms with Gasteiger partial charge in [0.05, 0.1) is 12.1 Å². The summed E-state index contributed by atoms with van der Waals surface area (Å²) in [5.41, 5.74) is 7.80. The fourth-order valence-electron chi connectivity index (χ4n) is 3.17. The minimum Gasteiger partial charge on any atom is -0.366 e. The predicted molar refractivity (Wildman–Crippen MR) is 101 cm³/mol. The van der Waals surface area contributed by atoms with Gasteiger partial charge < -0.3 is 11.1 Å². The number of hydrogen-bond acceptors (Lipinski definition) is 4. The normalized spacial score (nSPS) is 19.3. The van der Waals surface area contributed by atoms with E-state index in [1.807, 2.05) is 36.4 Å². The van der Waals surface area contributed by atoms with Crippen LogP contribution in [-0.4, -0.2) is 14.8 Å². The number of nitrogens with two attached hydrogens (primary N) is 1. The largest absolute Gasteiger partial charge is 0.366 e. The van der Waals surface area contributed by atoms with Crippen molar-refractivity contribution in [2.75, 3.05) is 11.1 Å². The number of nitrogens with zero attached hydrogens (tertiary/aromatic N) is 3. The van der Waals surface area contributed by atoms with Crippen LogP contribution in [0.15, 0.2) is 42.5 Å². The van der Waals surface area contributed by atoms with Crippen molar-refractivity contribution in [1.82, 2.24) is 14.8 Å². The summed E-state index contributed by atoms with van der Waals surface area (Å²) in [6, 6.07) is 13.1. The van der Waals surface area contributed by atoms with E-state index in [4.69, 9.17) is 40.5 Å². The molecule has 3 N–H and O–H groups in total. The Labute approximate surface area is 159 Å². The van der Waals surface area contributed by atoms with Gasteiger partial charge in [-0.05, 0) is 41.8 Å². The molecule has 2 atom stereocenters. The molecule has 1 aromatic heterocycles. The lowest BCUT2D eigenvalue weighted by molar-refractivity contribution is 0.431. The van der Waals surface area contributed by atoms with Crippen molar-refractivity contribution in [2.45, 2.75) is 18.5 Å². The van der Waals surface area contributed by atoms with Crippen molar-refractivity contribution in [2.24, 2.45) is 0 Å². The standard InChI is InChI=1S/C17H14Cl3N5/c18-10-3-1-2-9(6-10)15-8-14(12-5-4-11(19)7-13(12)20)22-17-23-16(21)24-25(15)17/h1-7,14-15H,8H2,(H3,21,22,23,24). The molecule has 0 aliphatic carbocycles. The Morgan fingerprint density at radius 1 is 1.08 bits per heavy atom. The maximum Gasteiger partial charge on any atom is 0.241 e. The number of aromatic nitrogens is 3. The molecule has 2 heterocycles. The Bertz CT molecular complexity index is 940. The van der Waals surface area contributed by atoms with Crippen LogP contribution in [-0.2, 0) is 0 Å². The SMILES string of the molecule is Nc1nc2n(n1)C(c1cccc(Cl)c1)CC(c1ccc(Cl)cc1Cl)N2. The fraction of sp³-hybridized carbons (Fsp3) is 0.176. The monoisotopic (exact) mass is 393 g/mol. The minimum atomic E-state index is -0.0588. The highest BCUT2D eigenvalue weighted by molar-refractivity contribution is 6.35. The quantitative estimate of drug-likeness (QED) is 0.644. The van der Waals surface area contributed by atoms with Crippen LogP contribution in [0.3, 0.4) is 0 Å². The summed E-state index contributed by atoms with van der Waals surface area (Å²) in [6.45, 7) is 0. The number of nitrogen functional groups attached to an aromatic ring is 1. The van der Waals surface area contributed by atoms with Crippen molar-refractivity contribution in [3.63, 3.8) is 0 Å². The summed E-state index contributed by atoms with van der Waals surface area (Å²) < 4.78 is 1.79. The van der Waals surface area contributed by atoms with E-state index in [-0.39, 0.29) is 18.0 Å². The van der Waals surface area contributed by atoms with Crippen molar-refractivity contribution in [1.29, 1.82) is 0 Å². The first-order chi connectivity index (χ1) is 12.0. The van der Waals surface area contributed by atoms with Gasteiger partial charge in [0, 0.05) is 15.1 Å². The van der Waals surface area contributed by atoms with Crippen LogP contribution in [0.5, 0.6) is 0 Å². The second kappa shape index (κ2) is 6.41. The van der Waals surface area contributed by atoms with Crippen LogP contribution >= 0.6 is 34.8 Å². The van der Waals surface area contributed by atoms with E-state index in [0.717, 1.165) is 17.5 Å². The molecule has 0 bridgehead atoms. The second-order valence-electron chi connectivity index (χ2n) is 5.91. The van der Waals surface area contributed by atoms with Gasteiger partial charge in [-0.1, -0.05) is 53.0 Å².